The smallest absolute Gasteiger partial charge is 0.323 e. The third-order valence-corrected chi connectivity index (χ3v) is 6.90. The summed E-state index contributed by atoms with van der Waals surface area (Å²) in [7, 11) is 2.72. The standard InChI is InChI=1S/C23H45NO5S/c1-4-5-6-7-8-9-10-11-12-16-21(30-18-19(24)23(27)29-3)20(25)15-13-14-17-22(26)28-2/h19-21,25H,4-18,24H2,1-3H3/t19-,20?,21?/m0/s1. The van der Waals surface area contributed by atoms with Crippen LogP contribution >= 0.6 is 11.8 Å². The summed E-state index contributed by atoms with van der Waals surface area (Å²) in [5.74, 6) is -0.195. The van der Waals surface area contributed by atoms with Crippen molar-refractivity contribution in [2.45, 2.75) is 114 Å². The van der Waals surface area contributed by atoms with E-state index in [-0.39, 0.29) is 11.2 Å². The number of unbranched alkanes of at least 4 members (excludes halogenated alkanes) is 9. The van der Waals surface area contributed by atoms with E-state index in [1.807, 2.05) is 0 Å². The van der Waals surface area contributed by atoms with E-state index in [0.717, 1.165) is 19.3 Å². The maximum Gasteiger partial charge on any atom is 0.323 e. The molecule has 2 unspecified atom stereocenters. The Morgan fingerprint density at radius 3 is 2.00 bits per heavy atom. The van der Waals surface area contributed by atoms with Gasteiger partial charge < -0.3 is 20.3 Å². The largest absolute Gasteiger partial charge is 0.469 e. The molecule has 0 aromatic rings. The van der Waals surface area contributed by atoms with Crippen LogP contribution in [0.4, 0.5) is 0 Å². The van der Waals surface area contributed by atoms with E-state index in [9.17, 15) is 14.7 Å². The number of hydrogen-bond acceptors (Lipinski definition) is 7. The van der Waals surface area contributed by atoms with E-state index in [0.29, 0.717) is 25.0 Å². The molecule has 0 spiro atoms. The first-order valence-corrected chi connectivity index (χ1v) is 12.7. The summed E-state index contributed by atoms with van der Waals surface area (Å²) in [5.41, 5.74) is 5.86. The van der Waals surface area contributed by atoms with Crippen molar-refractivity contribution in [2.75, 3.05) is 20.0 Å². The first-order valence-electron chi connectivity index (χ1n) is 11.7. The van der Waals surface area contributed by atoms with Gasteiger partial charge in [-0.05, 0) is 19.3 Å². The molecule has 0 fully saturated rings. The Balaban J connectivity index is 4.26. The highest BCUT2D eigenvalue weighted by Crippen LogP contribution is 2.25. The zero-order valence-electron chi connectivity index (χ0n) is 19.4. The van der Waals surface area contributed by atoms with E-state index in [2.05, 4.69) is 11.7 Å². The third-order valence-electron chi connectivity index (χ3n) is 5.37. The van der Waals surface area contributed by atoms with Crippen LogP contribution in [0.3, 0.4) is 0 Å². The minimum Gasteiger partial charge on any atom is -0.469 e. The maximum atomic E-state index is 11.6. The molecule has 0 heterocycles. The predicted octanol–water partition coefficient (Wildman–Crippen LogP) is 4.60. The molecule has 0 aliphatic heterocycles. The lowest BCUT2D eigenvalue weighted by Crippen LogP contribution is -2.35. The molecule has 178 valence electrons. The molecule has 6 nitrogen and oxygen atoms in total. The second-order valence-electron chi connectivity index (χ2n) is 8.01. The topological polar surface area (TPSA) is 98.9 Å². The fraction of sp³-hybridized carbons (Fsp3) is 0.913. The zero-order chi connectivity index (χ0) is 22.6. The summed E-state index contributed by atoms with van der Waals surface area (Å²) in [4.78, 5) is 22.8. The molecule has 0 aliphatic carbocycles. The highest BCUT2D eigenvalue weighted by molar-refractivity contribution is 8.00. The van der Waals surface area contributed by atoms with Gasteiger partial charge in [0.25, 0.3) is 0 Å². The van der Waals surface area contributed by atoms with Crippen molar-refractivity contribution in [2.24, 2.45) is 5.73 Å². The molecule has 0 saturated carbocycles. The average Bonchev–Trinajstić information content (AvgIpc) is 2.76. The second kappa shape index (κ2) is 20.1. The van der Waals surface area contributed by atoms with Gasteiger partial charge in [0, 0.05) is 17.4 Å². The van der Waals surface area contributed by atoms with Gasteiger partial charge in [-0.25, -0.2) is 0 Å². The van der Waals surface area contributed by atoms with Crippen LogP contribution in [0.5, 0.6) is 0 Å². The Kier molecular flexibility index (Phi) is 19.6. The van der Waals surface area contributed by atoms with Gasteiger partial charge in [-0.3, -0.25) is 9.59 Å². The van der Waals surface area contributed by atoms with E-state index < -0.39 is 18.1 Å². The van der Waals surface area contributed by atoms with Crippen molar-refractivity contribution in [1.29, 1.82) is 0 Å². The van der Waals surface area contributed by atoms with Crippen molar-refractivity contribution in [1.82, 2.24) is 0 Å². The van der Waals surface area contributed by atoms with Gasteiger partial charge in [-0.2, -0.15) is 11.8 Å². The Hall–Kier alpha value is -0.790. The van der Waals surface area contributed by atoms with Crippen LogP contribution in [-0.4, -0.2) is 54.4 Å². The highest BCUT2D eigenvalue weighted by atomic mass is 32.2. The Morgan fingerprint density at radius 2 is 1.43 bits per heavy atom. The summed E-state index contributed by atoms with van der Waals surface area (Å²) in [5, 5.41) is 10.7. The van der Waals surface area contributed by atoms with Gasteiger partial charge in [-0.15, -0.1) is 0 Å². The normalized spacial score (nSPS) is 14.2. The molecule has 3 atom stereocenters. The van der Waals surface area contributed by atoms with Crippen molar-refractivity contribution < 1.29 is 24.2 Å². The number of carbonyl (C=O) groups is 2. The first-order chi connectivity index (χ1) is 14.5. The minimum absolute atomic E-state index is 0.0448. The minimum atomic E-state index is -0.669. The van der Waals surface area contributed by atoms with Crippen molar-refractivity contribution in [3.8, 4) is 0 Å². The van der Waals surface area contributed by atoms with Crippen LogP contribution in [0.15, 0.2) is 0 Å². The maximum absolute atomic E-state index is 11.6. The number of ether oxygens (including phenoxy) is 2. The fourth-order valence-corrected chi connectivity index (χ4v) is 4.68. The van der Waals surface area contributed by atoms with E-state index >= 15 is 0 Å². The third kappa shape index (κ3) is 16.0. The molecular weight excluding hydrogens is 402 g/mol. The van der Waals surface area contributed by atoms with Gasteiger partial charge in [0.2, 0.25) is 0 Å². The van der Waals surface area contributed by atoms with E-state index in [1.165, 1.54) is 65.6 Å². The number of hydrogen-bond donors (Lipinski definition) is 2. The lowest BCUT2D eigenvalue weighted by atomic mass is 10.0. The number of thioether (sulfide) groups is 1. The molecule has 0 bridgehead atoms. The summed E-state index contributed by atoms with van der Waals surface area (Å²) < 4.78 is 9.35. The quantitative estimate of drug-likeness (QED) is 0.208. The molecule has 0 saturated heterocycles. The van der Waals surface area contributed by atoms with Crippen molar-refractivity contribution >= 4 is 23.7 Å². The van der Waals surface area contributed by atoms with Crippen LogP contribution in [-0.2, 0) is 19.1 Å². The molecule has 0 radical (unpaired) electrons. The molecule has 3 N–H and O–H groups in total. The summed E-state index contributed by atoms with van der Waals surface area (Å²) in [6, 6.07) is -0.669. The Bertz CT molecular complexity index is 436. The second-order valence-corrected chi connectivity index (χ2v) is 9.28. The van der Waals surface area contributed by atoms with Gasteiger partial charge in [0.1, 0.15) is 6.04 Å². The molecule has 0 amide bonds. The van der Waals surface area contributed by atoms with Crippen LogP contribution in [0, 0.1) is 0 Å². The highest BCUT2D eigenvalue weighted by Gasteiger charge is 2.22. The van der Waals surface area contributed by atoms with Crippen LogP contribution < -0.4 is 5.73 Å². The van der Waals surface area contributed by atoms with E-state index in [1.54, 1.807) is 11.8 Å². The number of carbonyl (C=O) groups excluding carboxylic acids is 2. The van der Waals surface area contributed by atoms with Gasteiger partial charge in [0.05, 0.1) is 20.3 Å². The molecule has 7 heteroatoms. The molecule has 0 aromatic heterocycles. The Morgan fingerprint density at radius 1 is 0.867 bits per heavy atom. The number of esters is 2. The van der Waals surface area contributed by atoms with Gasteiger partial charge >= 0.3 is 11.9 Å². The SMILES string of the molecule is CCCCCCCCCCCC(SC[C@H](N)C(=O)OC)C(O)CCCCC(=O)OC. The average molecular weight is 448 g/mol. The zero-order valence-corrected chi connectivity index (χ0v) is 20.2. The number of aliphatic hydroxyl groups is 1. The molecule has 0 aliphatic rings. The molecule has 0 rings (SSSR count). The Labute approximate surface area is 188 Å². The number of nitrogens with two attached hydrogens (primary N) is 1. The van der Waals surface area contributed by atoms with E-state index in [4.69, 9.17) is 10.5 Å². The monoisotopic (exact) mass is 447 g/mol. The van der Waals surface area contributed by atoms with Crippen LogP contribution in [0.2, 0.25) is 0 Å². The van der Waals surface area contributed by atoms with Gasteiger partial charge in [-0.1, -0.05) is 71.1 Å². The summed E-state index contributed by atoms with van der Waals surface area (Å²) >= 11 is 1.56. The van der Waals surface area contributed by atoms with Crippen molar-refractivity contribution in [3.05, 3.63) is 0 Å². The fourth-order valence-electron chi connectivity index (χ4n) is 3.40. The summed E-state index contributed by atoms with van der Waals surface area (Å²) in [6.45, 7) is 2.24. The van der Waals surface area contributed by atoms with Crippen LogP contribution in [0.1, 0.15) is 96.8 Å². The van der Waals surface area contributed by atoms with Crippen molar-refractivity contribution in [3.63, 3.8) is 0 Å². The molecular formula is C23H45NO5S. The van der Waals surface area contributed by atoms with Gasteiger partial charge in [0.15, 0.2) is 0 Å². The molecule has 0 aromatic carbocycles. The summed E-state index contributed by atoms with van der Waals surface area (Å²) in [6.07, 6.45) is 14.3. The molecule has 30 heavy (non-hydrogen) atoms. The number of methoxy groups -OCH3 is 2. The lowest BCUT2D eigenvalue weighted by Gasteiger charge is -2.23. The lowest BCUT2D eigenvalue weighted by molar-refractivity contribution is -0.142. The predicted molar refractivity (Wildman–Crippen MR) is 125 cm³/mol. The number of rotatable bonds is 20. The first kappa shape index (κ1) is 29.2. The number of aliphatic hydroxyl groups excluding tert-OH is 1. The van der Waals surface area contributed by atoms with Crippen LogP contribution in [0.25, 0.3) is 0 Å².